The van der Waals surface area contributed by atoms with Crippen LogP contribution in [-0.4, -0.2) is 55.4 Å². The van der Waals surface area contributed by atoms with Crippen LogP contribution in [-0.2, 0) is 21.0 Å². The van der Waals surface area contributed by atoms with Crippen molar-refractivity contribution in [2.45, 2.75) is 39.3 Å². The van der Waals surface area contributed by atoms with E-state index >= 15 is 0 Å². The normalized spacial score (nSPS) is 29.6. The Balaban J connectivity index is 1.43. The predicted octanol–water partition coefficient (Wildman–Crippen LogP) is 2.95. The first-order chi connectivity index (χ1) is 13.9. The zero-order valence-electron chi connectivity index (χ0n) is 17.1. The molecule has 30 heavy (non-hydrogen) atoms. The largest absolute Gasteiger partial charge is 0.417 e. The highest BCUT2D eigenvalue weighted by atomic mass is 32.2. The fourth-order valence-electron chi connectivity index (χ4n) is 5.45. The summed E-state index contributed by atoms with van der Waals surface area (Å²) in [4.78, 5) is 18.4. The Labute approximate surface area is 174 Å². The van der Waals surface area contributed by atoms with Gasteiger partial charge in [0.15, 0.2) is 0 Å². The van der Waals surface area contributed by atoms with Crippen LogP contribution in [0.1, 0.15) is 38.7 Å². The van der Waals surface area contributed by atoms with Gasteiger partial charge in [0.2, 0.25) is 10.0 Å². The van der Waals surface area contributed by atoms with Gasteiger partial charge in [0.25, 0.3) is 0 Å². The highest BCUT2D eigenvalue weighted by Gasteiger charge is 2.65. The summed E-state index contributed by atoms with van der Waals surface area (Å²) in [7, 11) is -3.63. The maximum atomic E-state index is 13.2. The smallest absolute Gasteiger partial charge is 0.354 e. The molecule has 4 rings (SSSR count). The average Bonchev–Trinajstić information content (AvgIpc) is 3.01. The van der Waals surface area contributed by atoms with Crippen molar-refractivity contribution in [3.05, 3.63) is 23.9 Å². The number of hydrogen-bond acceptors (Lipinski definition) is 5. The molecule has 0 unspecified atom stereocenters. The molecule has 0 amide bonds. The Bertz CT molecular complexity index is 938. The Hall–Kier alpha value is -1.68. The van der Waals surface area contributed by atoms with E-state index in [1.807, 2.05) is 13.8 Å². The molecule has 2 saturated carbocycles. The lowest BCUT2D eigenvalue weighted by atomic mass is 9.70. The second-order valence-corrected chi connectivity index (χ2v) is 11.2. The SMILES string of the molecule is CC1(C)[C@H]2CC[C@]1(CS(=O)(=O)N1CCN(c3ccc(C(F)(F)F)cn3)CC1)C(=O)C2. The Morgan fingerprint density at radius 1 is 1.17 bits per heavy atom. The highest BCUT2D eigenvalue weighted by Crippen LogP contribution is 2.64. The minimum atomic E-state index is -4.44. The van der Waals surface area contributed by atoms with Crippen LogP contribution in [0.2, 0.25) is 0 Å². The molecule has 0 aromatic carbocycles. The lowest BCUT2D eigenvalue weighted by molar-refractivity contribution is -0.137. The molecule has 0 radical (unpaired) electrons. The number of carbonyl (C=O) groups excluding carboxylic acids is 1. The van der Waals surface area contributed by atoms with Gasteiger partial charge in [0, 0.05) is 44.2 Å². The molecule has 2 atom stereocenters. The standard InChI is InChI=1S/C20H26F3N3O3S/c1-18(2)14-5-6-19(18,16(27)11-14)13-30(28,29)26-9-7-25(8-10-26)17-4-3-15(12-24-17)20(21,22)23/h3-4,12,14H,5-11,13H2,1-2H3/t14-,19-/m0/s1. The van der Waals surface area contributed by atoms with E-state index in [-0.39, 0.29) is 36.0 Å². The van der Waals surface area contributed by atoms with Crippen LogP contribution in [0, 0.1) is 16.7 Å². The summed E-state index contributed by atoms with van der Waals surface area (Å²) in [6.45, 7) is 5.14. The van der Waals surface area contributed by atoms with Gasteiger partial charge in [-0.1, -0.05) is 13.8 Å². The Morgan fingerprint density at radius 3 is 2.30 bits per heavy atom. The summed E-state index contributed by atoms with van der Waals surface area (Å²) in [5.74, 6) is 0.563. The third kappa shape index (κ3) is 3.32. The van der Waals surface area contributed by atoms with Crippen molar-refractivity contribution in [3.8, 4) is 0 Å². The second kappa shape index (κ2) is 6.91. The first kappa shape index (κ1) is 21.5. The number of anilines is 1. The molecule has 3 aliphatic rings. The highest BCUT2D eigenvalue weighted by molar-refractivity contribution is 7.89. The van der Waals surface area contributed by atoms with Crippen molar-refractivity contribution in [1.82, 2.24) is 9.29 Å². The van der Waals surface area contributed by atoms with Crippen molar-refractivity contribution in [3.63, 3.8) is 0 Å². The van der Waals surface area contributed by atoms with Crippen molar-refractivity contribution < 1.29 is 26.4 Å². The molecule has 0 N–H and O–H groups in total. The van der Waals surface area contributed by atoms with Crippen molar-refractivity contribution >= 4 is 21.6 Å². The minimum Gasteiger partial charge on any atom is -0.354 e. The lowest BCUT2D eigenvalue weighted by Gasteiger charge is -2.40. The van der Waals surface area contributed by atoms with Crippen LogP contribution < -0.4 is 4.90 Å². The third-order valence-electron chi connectivity index (χ3n) is 7.60. The number of aromatic nitrogens is 1. The van der Waals surface area contributed by atoms with Crippen LogP contribution in [0.3, 0.4) is 0 Å². The van der Waals surface area contributed by atoms with Crippen LogP contribution in [0.15, 0.2) is 18.3 Å². The predicted molar refractivity (Wildman–Crippen MR) is 105 cm³/mol. The number of halogens is 3. The Kier molecular flexibility index (Phi) is 4.97. The van der Waals surface area contributed by atoms with Crippen molar-refractivity contribution in [1.29, 1.82) is 0 Å². The number of piperazine rings is 1. The number of pyridine rings is 1. The number of nitrogens with zero attached hydrogens (tertiary/aromatic N) is 3. The number of ketones is 1. The Morgan fingerprint density at radius 2 is 1.83 bits per heavy atom. The molecule has 10 heteroatoms. The molecule has 2 aliphatic carbocycles. The fraction of sp³-hybridized carbons (Fsp3) is 0.700. The van der Waals surface area contributed by atoms with E-state index in [4.69, 9.17) is 0 Å². The summed E-state index contributed by atoms with van der Waals surface area (Å²) < 4.78 is 65.9. The lowest BCUT2D eigenvalue weighted by Crippen LogP contribution is -2.53. The molecule has 1 aromatic rings. The van der Waals surface area contributed by atoms with Gasteiger partial charge < -0.3 is 4.90 Å². The number of rotatable bonds is 4. The number of fused-ring (bicyclic) bond motifs is 2. The first-order valence-electron chi connectivity index (χ1n) is 10.2. The summed E-state index contributed by atoms with van der Waals surface area (Å²) in [5.41, 5.74) is -1.93. The maximum absolute atomic E-state index is 13.2. The average molecular weight is 446 g/mol. The second-order valence-electron chi connectivity index (χ2n) is 9.21. The summed E-state index contributed by atoms with van der Waals surface area (Å²) in [6, 6.07) is 2.29. The van der Waals surface area contributed by atoms with E-state index in [0.717, 1.165) is 18.7 Å². The molecule has 1 aliphatic heterocycles. The van der Waals surface area contributed by atoms with Crippen molar-refractivity contribution in [2.24, 2.45) is 16.7 Å². The van der Waals surface area contributed by atoms with E-state index in [0.29, 0.717) is 31.7 Å². The zero-order valence-corrected chi connectivity index (χ0v) is 17.9. The molecule has 1 saturated heterocycles. The van der Waals surface area contributed by atoms with Gasteiger partial charge in [-0.2, -0.15) is 17.5 Å². The van der Waals surface area contributed by atoms with Gasteiger partial charge in [-0.25, -0.2) is 13.4 Å². The van der Waals surface area contributed by atoms with Gasteiger partial charge in [0.1, 0.15) is 11.6 Å². The van der Waals surface area contributed by atoms with Gasteiger partial charge in [-0.05, 0) is 36.3 Å². The first-order valence-corrected chi connectivity index (χ1v) is 11.8. The van der Waals surface area contributed by atoms with Crippen LogP contribution >= 0.6 is 0 Å². The molecule has 6 nitrogen and oxygen atoms in total. The maximum Gasteiger partial charge on any atom is 0.417 e. The van der Waals surface area contributed by atoms with Gasteiger partial charge in [-0.3, -0.25) is 4.79 Å². The van der Waals surface area contributed by atoms with Crippen LogP contribution in [0.4, 0.5) is 19.0 Å². The summed E-state index contributed by atoms with van der Waals surface area (Å²) in [5, 5.41) is 0. The topological polar surface area (TPSA) is 70.6 Å². The molecule has 1 aromatic heterocycles. The van der Waals surface area contributed by atoms with E-state index in [2.05, 4.69) is 4.98 Å². The number of carbonyl (C=O) groups is 1. The number of sulfonamides is 1. The molecular formula is C20H26F3N3O3S. The summed E-state index contributed by atoms with van der Waals surface area (Å²) in [6.07, 6.45) is -1.67. The van der Waals surface area contributed by atoms with E-state index in [1.165, 1.54) is 10.4 Å². The van der Waals surface area contributed by atoms with Crippen molar-refractivity contribution in [2.75, 3.05) is 36.8 Å². The quantitative estimate of drug-likeness (QED) is 0.713. The molecule has 2 bridgehead atoms. The van der Waals surface area contributed by atoms with Gasteiger partial charge >= 0.3 is 6.18 Å². The molecular weight excluding hydrogens is 419 g/mol. The minimum absolute atomic E-state index is 0.0694. The van der Waals surface area contributed by atoms with Crippen LogP contribution in [0.5, 0.6) is 0 Å². The van der Waals surface area contributed by atoms with Crippen LogP contribution in [0.25, 0.3) is 0 Å². The molecule has 0 spiro atoms. The molecule has 3 fully saturated rings. The van der Waals surface area contributed by atoms with E-state index in [1.54, 1.807) is 4.90 Å². The molecule has 2 heterocycles. The summed E-state index contributed by atoms with van der Waals surface area (Å²) >= 11 is 0. The zero-order chi connectivity index (χ0) is 21.9. The number of alkyl halides is 3. The molecule has 166 valence electrons. The monoisotopic (exact) mass is 445 g/mol. The number of hydrogen-bond donors (Lipinski definition) is 0. The van der Waals surface area contributed by atoms with E-state index in [9.17, 15) is 26.4 Å². The van der Waals surface area contributed by atoms with Gasteiger partial charge in [-0.15, -0.1) is 0 Å². The fourth-order valence-corrected chi connectivity index (χ4v) is 7.65. The van der Waals surface area contributed by atoms with Gasteiger partial charge in [0.05, 0.1) is 11.3 Å². The van der Waals surface area contributed by atoms with E-state index < -0.39 is 27.2 Å². The number of Topliss-reactive ketones (excluding diaryl/α,β-unsaturated/α-hetero) is 1. The third-order valence-corrected chi connectivity index (χ3v) is 9.61.